The van der Waals surface area contributed by atoms with Crippen molar-refractivity contribution in [2.75, 3.05) is 18.0 Å². The van der Waals surface area contributed by atoms with E-state index < -0.39 is 0 Å². The van der Waals surface area contributed by atoms with Gasteiger partial charge < -0.3 is 10.6 Å². The maximum Gasteiger partial charge on any atom is 0.272 e. The molecule has 0 aliphatic carbocycles. The van der Waals surface area contributed by atoms with E-state index in [2.05, 4.69) is 18.8 Å². The van der Waals surface area contributed by atoms with Gasteiger partial charge in [-0.15, -0.1) is 0 Å². The summed E-state index contributed by atoms with van der Waals surface area (Å²) < 4.78 is 0. The first kappa shape index (κ1) is 14.2. The number of hydrogen-bond donors (Lipinski definition) is 1. The summed E-state index contributed by atoms with van der Waals surface area (Å²) in [5.74, 6) is 1.37. The number of nitrogens with zero attached hydrogens (tertiary/aromatic N) is 2. The summed E-state index contributed by atoms with van der Waals surface area (Å²) in [6.07, 6.45) is 0. The molecular formula is C16H19N3OS. The largest absolute Gasteiger partial charge is 0.383 e. The van der Waals surface area contributed by atoms with Crippen molar-refractivity contribution in [3.8, 4) is 0 Å². The Kier molecular flexibility index (Phi) is 3.76. The van der Waals surface area contributed by atoms with Crippen LogP contribution in [0.1, 0.15) is 24.3 Å². The van der Waals surface area contributed by atoms with Crippen molar-refractivity contribution in [1.29, 1.82) is 0 Å². The first-order chi connectivity index (χ1) is 10.1. The molecule has 1 aromatic carbocycles. The third kappa shape index (κ3) is 2.58. The van der Waals surface area contributed by atoms with Crippen LogP contribution in [0.15, 0.2) is 30.3 Å². The number of anilines is 1. The minimum atomic E-state index is -0.0212. The standard InChI is InChI=1S/C16H19N3OS/c1-10-11(2)21-8-7-19(10)16(20)14-9-12-5-3-4-6-13(12)15(17)18-14/h3-6,9-11H,7-8H2,1-2H3,(H2,17,18). The molecule has 1 fully saturated rings. The van der Waals surface area contributed by atoms with Gasteiger partial charge in [0, 0.05) is 29.0 Å². The van der Waals surface area contributed by atoms with Gasteiger partial charge in [-0.2, -0.15) is 11.8 Å². The van der Waals surface area contributed by atoms with E-state index in [-0.39, 0.29) is 11.9 Å². The molecule has 1 aliphatic rings. The predicted octanol–water partition coefficient (Wildman–Crippen LogP) is 2.78. The lowest BCUT2D eigenvalue weighted by atomic mass is 10.1. The average molecular weight is 301 g/mol. The number of rotatable bonds is 1. The molecule has 2 heterocycles. The molecule has 1 aromatic heterocycles. The summed E-state index contributed by atoms with van der Waals surface area (Å²) in [5, 5.41) is 2.30. The fourth-order valence-electron chi connectivity index (χ4n) is 2.70. The van der Waals surface area contributed by atoms with Crippen LogP contribution in [0.3, 0.4) is 0 Å². The molecule has 3 rings (SSSR count). The highest BCUT2D eigenvalue weighted by molar-refractivity contribution is 8.00. The Morgan fingerprint density at radius 3 is 2.95 bits per heavy atom. The fraction of sp³-hybridized carbons (Fsp3) is 0.375. The highest BCUT2D eigenvalue weighted by Gasteiger charge is 2.30. The van der Waals surface area contributed by atoms with Crippen LogP contribution < -0.4 is 5.73 Å². The maximum absolute atomic E-state index is 12.8. The second kappa shape index (κ2) is 5.56. The van der Waals surface area contributed by atoms with Crippen molar-refractivity contribution in [2.45, 2.75) is 25.1 Å². The van der Waals surface area contributed by atoms with Crippen molar-refractivity contribution in [3.05, 3.63) is 36.0 Å². The van der Waals surface area contributed by atoms with Gasteiger partial charge in [-0.1, -0.05) is 31.2 Å². The summed E-state index contributed by atoms with van der Waals surface area (Å²) in [7, 11) is 0. The van der Waals surface area contributed by atoms with Crippen molar-refractivity contribution in [1.82, 2.24) is 9.88 Å². The predicted molar refractivity (Wildman–Crippen MR) is 88.6 cm³/mol. The number of hydrogen-bond acceptors (Lipinski definition) is 4. The quantitative estimate of drug-likeness (QED) is 0.880. The molecule has 2 N–H and O–H groups in total. The number of carbonyl (C=O) groups is 1. The molecule has 2 atom stereocenters. The van der Waals surface area contributed by atoms with Gasteiger partial charge in [0.05, 0.1) is 0 Å². The van der Waals surface area contributed by atoms with Crippen LogP contribution in [-0.2, 0) is 0 Å². The van der Waals surface area contributed by atoms with E-state index in [0.29, 0.717) is 16.8 Å². The molecule has 0 spiro atoms. The topological polar surface area (TPSA) is 59.2 Å². The number of aromatic nitrogens is 1. The van der Waals surface area contributed by atoms with Gasteiger partial charge in [0.1, 0.15) is 11.5 Å². The second-order valence-corrected chi connectivity index (χ2v) is 6.91. The zero-order valence-corrected chi connectivity index (χ0v) is 13.1. The molecule has 4 nitrogen and oxygen atoms in total. The molecule has 21 heavy (non-hydrogen) atoms. The van der Waals surface area contributed by atoms with E-state index in [0.717, 1.165) is 23.1 Å². The molecular weight excluding hydrogens is 282 g/mol. The third-order valence-electron chi connectivity index (χ3n) is 4.13. The van der Waals surface area contributed by atoms with Crippen LogP contribution in [0.4, 0.5) is 5.82 Å². The van der Waals surface area contributed by atoms with Crippen LogP contribution >= 0.6 is 11.8 Å². The fourth-order valence-corrected chi connectivity index (χ4v) is 3.80. The Morgan fingerprint density at radius 2 is 2.14 bits per heavy atom. The number of fused-ring (bicyclic) bond motifs is 1. The van der Waals surface area contributed by atoms with Crippen molar-refractivity contribution >= 4 is 34.3 Å². The number of amides is 1. The van der Waals surface area contributed by atoms with E-state index in [1.807, 2.05) is 47.0 Å². The number of thioether (sulfide) groups is 1. The normalized spacial score (nSPS) is 22.5. The van der Waals surface area contributed by atoms with Gasteiger partial charge in [-0.25, -0.2) is 4.98 Å². The molecule has 2 unspecified atom stereocenters. The molecule has 110 valence electrons. The zero-order valence-electron chi connectivity index (χ0n) is 12.2. The number of carbonyl (C=O) groups excluding carboxylic acids is 1. The third-order valence-corrected chi connectivity index (χ3v) is 5.47. The summed E-state index contributed by atoms with van der Waals surface area (Å²) in [6.45, 7) is 5.03. The lowest BCUT2D eigenvalue weighted by molar-refractivity contribution is 0.0692. The molecule has 1 saturated heterocycles. The van der Waals surface area contributed by atoms with Gasteiger partial charge in [0.25, 0.3) is 5.91 Å². The lowest BCUT2D eigenvalue weighted by Gasteiger charge is -2.37. The van der Waals surface area contributed by atoms with Gasteiger partial charge >= 0.3 is 0 Å². The smallest absolute Gasteiger partial charge is 0.272 e. The summed E-state index contributed by atoms with van der Waals surface area (Å²) in [6, 6.07) is 9.81. The van der Waals surface area contributed by atoms with Crippen LogP contribution in [0, 0.1) is 0 Å². The highest BCUT2D eigenvalue weighted by atomic mass is 32.2. The van der Waals surface area contributed by atoms with Gasteiger partial charge in [0.2, 0.25) is 0 Å². The first-order valence-corrected chi connectivity index (χ1v) is 8.20. The van der Waals surface area contributed by atoms with E-state index in [1.54, 1.807) is 0 Å². The minimum Gasteiger partial charge on any atom is -0.383 e. The summed E-state index contributed by atoms with van der Waals surface area (Å²) >= 11 is 1.91. The maximum atomic E-state index is 12.8. The van der Waals surface area contributed by atoms with Gasteiger partial charge in [-0.05, 0) is 18.4 Å². The highest BCUT2D eigenvalue weighted by Crippen LogP contribution is 2.27. The summed E-state index contributed by atoms with van der Waals surface area (Å²) in [5.41, 5.74) is 6.44. The molecule has 0 bridgehead atoms. The Morgan fingerprint density at radius 1 is 1.38 bits per heavy atom. The van der Waals surface area contributed by atoms with Crippen LogP contribution in [0.25, 0.3) is 10.8 Å². The number of nitrogen functional groups attached to an aromatic ring is 1. The Balaban J connectivity index is 1.98. The van der Waals surface area contributed by atoms with E-state index in [9.17, 15) is 4.79 Å². The molecule has 5 heteroatoms. The van der Waals surface area contributed by atoms with Crippen LogP contribution in [0.5, 0.6) is 0 Å². The van der Waals surface area contributed by atoms with Gasteiger partial charge in [-0.3, -0.25) is 4.79 Å². The second-order valence-electron chi connectivity index (χ2n) is 5.43. The zero-order chi connectivity index (χ0) is 15.0. The monoisotopic (exact) mass is 301 g/mol. The van der Waals surface area contributed by atoms with Crippen molar-refractivity contribution in [2.24, 2.45) is 0 Å². The number of pyridine rings is 1. The summed E-state index contributed by atoms with van der Waals surface area (Å²) in [4.78, 5) is 19.0. The van der Waals surface area contributed by atoms with Crippen LogP contribution in [0.2, 0.25) is 0 Å². The van der Waals surface area contributed by atoms with E-state index in [1.165, 1.54) is 0 Å². The number of nitrogens with two attached hydrogens (primary N) is 1. The van der Waals surface area contributed by atoms with Crippen LogP contribution in [-0.4, -0.2) is 39.4 Å². The van der Waals surface area contributed by atoms with Crippen molar-refractivity contribution in [3.63, 3.8) is 0 Å². The Hall–Kier alpha value is -1.75. The molecule has 0 saturated carbocycles. The lowest BCUT2D eigenvalue weighted by Crippen LogP contribution is -2.48. The number of benzene rings is 1. The molecule has 1 amide bonds. The van der Waals surface area contributed by atoms with E-state index in [4.69, 9.17) is 5.73 Å². The SMILES string of the molecule is CC1SCCN(C(=O)c2cc3ccccc3c(N)n2)C1C. The molecule has 1 aliphatic heterocycles. The van der Waals surface area contributed by atoms with Crippen molar-refractivity contribution < 1.29 is 4.79 Å². The molecule has 0 radical (unpaired) electrons. The minimum absolute atomic E-state index is 0.0212. The first-order valence-electron chi connectivity index (χ1n) is 7.16. The van der Waals surface area contributed by atoms with E-state index >= 15 is 0 Å². The Bertz CT molecular complexity index is 688. The Labute approximate surface area is 128 Å². The average Bonchev–Trinajstić information content (AvgIpc) is 2.49. The molecule has 2 aromatic rings. The van der Waals surface area contributed by atoms with Gasteiger partial charge in [0.15, 0.2) is 0 Å².